The van der Waals surface area contributed by atoms with E-state index in [0.717, 1.165) is 36.4 Å². The van der Waals surface area contributed by atoms with Gasteiger partial charge in [0.2, 0.25) is 0 Å². The van der Waals surface area contributed by atoms with Crippen LogP contribution in [-0.2, 0) is 5.75 Å². The van der Waals surface area contributed by atoms with E-state index in [0.29, 0.717) is 0 Å². The highest BCUT2D eigenvalue weighted by Crippen LogP contribution is 2.32. The number of nitrogens with zero attached hydrogens (tertiary/aromatic N) is 3. The minimum absolute atomic E-state index is 0.737. The Morgan fingerprint density at radius 2 is 2.10 bits per heavy atom. The molecule has 0 saturated heterocycles. The third-order valence-corrected chi connectivity index (χ3v) is 5.77. The molecular formula is C13H10ClN3S3. The zero-order valence-corrected chi connectivity index (χ0v) is 13.7. The summed E-state index contributed by atoms with van der Waals surface area (Å²) in [6.07, 6.45) is 0. The van der Waals surface area contributed by atoms with Crippen LogP contribution in [0.5, 0.6) is 0 Å². The van der Waals surface area contributed by atoms with Crippen LogP contribution in [-0.4, -0.2) is 15.2 Å². The Morgan fingerprint density at radius 3 is 2.85 bits per heavy atom. The third kappa shape index (κ3) is 3.20. The monoisotopic (exact) mass is 339 g/mol. The predicted molar refractivity (Wildman–Crippen MR) is 86.8 cm³/mol. The lowest BCUT2D eigenvalue weighted by molar-refractivity contribution is 0.983. The van der Waals surface area contributed by atoms with Crippen molar-refractivity contribution >= 4 is 46.0 Å². The average Bonchev–Trinajstić information content (AvgIpc) is 3.06. The zero-order valence-electron chi connectivity index (χ0n) is 10.5. The van der Waals surface area contributed by atoms with E-state index in [2.05, 4.69) is 20.6 Å². The van der Waals surface area contributed by atoms with Gasteiger partial charge in [-0.05, 0) is 13.0 Å². The smallest absolute Gasteiger partial charge is 0.174 e. The molecule has 0 spiro atoms. The van der Waals surface area contributed by atoms with Crippen LogP contribution in [0.15, 0.2) is 34.0 Å². The molecule has 2 heterocycles. The number of aryl methyl sites for hydroxylation is 1. The van der Waals surface area contributed by atoms with Crippen LogP contribution in [0.3, 0.4) is 0 Å². The second-order valence-corrected chi connectivity index (χ2v) is 7.67. The highest BCUT2D eigenvalue weighted by atomic mass is 35.5. The largest absolute Gasteiger partial charge is 0.240 e. The van der Waals surface area contributed by atoms with Crippen molar-refractivity contribution in [3.8, 4) is 10.6 Å². The molecule has 2 aromatic heterocycles. The lowest BCUT2D eigenvalue weighted by Crippen LogP contribution is -1.82. The molecule has 0 unspecified atom stereocenters. The summed E-state index contributed by atoms with van der Waals surface area (Å²) < 4.78 is 0.981. The van der Waals surface area contributed by atoms with Crippen molar-refractivity contribution in [3.63, 3.8) is 0 Å². The Morgan fingerprint density at radius 1 is 1.25 bits per heavy atom. The molecule has 0 aliphatic carbocycles. The molecule has 3 aromatic rings. The van der Waals surface area contributed by atoms with Crippen molar-refractivity contribution in [3.05, 3.63) is 45.4 Å². The molecule has 102 valence electrons. The molecule has 7 heteroatoms. The van der Waals surface area contributed by atoms with Crippen molar-refractivity contribution in [2.45, 2.75) is 17.0 Å². The van der Waals surface area contributed by atoms with E-state index < -0.39 is 0 Å². The first-order valence-electron chi connectivity index (χ1n) is 5.84. The van der Waals surface area contributed by atoms with Gasteiger partial charge >= 0.3 is 0 Å². The number of hydrogen-bond acceptors (Lipinski definition) is 6. The molecule has 0 amide bonds. The van der Waals surface area contributed by atoms with Crippen LogP contribution in [0.4, 0.5) is 0 Å². The fourth-order valence-electron chi connectivity index (χ4n) is 1.60. The summed E-state index contributed by atoms with van der Waals surface area (Å²) in [5.41, 5.74) is 2.03. The molecule has 20 heavy (non-hydrogen) atoms. The molecule has 1 aromatic carbocycles. The first-order valence-corrected chi connectivity index (χ1v) is 8.90. The third-order valence-electron chi connectivity index (χ3n) is 2.51. The van der Waals surface area contributed by atoms with Crippen LogP contribution < -0.4 is 0 Å². The molecule has 0 aliphatic heterocycles. The lowest BCUT2D eigenvalue weighted by atomic mass is 10.2. The second kappa shape index (κ2) is 6.22. The first kappa shape index (κ1) is 14.0. The molecule has 0 aliphatic rings. The summed E-state index contributed by atoms with van der Waals surface area (Å²) in [4.78, 5) is 4.63. The van der Waals surface area contributed by atoms with E-state index in [-0.39, 0.29) is 0 Å². The van der Waals surface area contributed by atoms with Gasteiger partial charge in [0, 0.05) is 16.7 Å². The SMILES string of the molecule is Cc1nnc(SCc2csc(-c3ccccc3Cl)n2)s1. The molecular weight excluding hydrogens is 330 g/mol. The topological polar surface area (TPSA) is 38.7 Å². The lowest BCUT2D eigenvalue weighted by Gasteiger charge is -1.98. The highest BCUT2D eigenvalue weighted by molar-refractivity contribution is 8.00. The van der Waals surface area contributed by atoms with Crippen molar-refractivity contribution in [1.29, 1.82) is 0 Å². The molecule has 0 saturated carbocycles. The number of hydrogen-bond donors (Lipinski definition) is 0. The minimum Gasteiger partial charge on any atom is -0.240 e. The Kier molecular flexibility index (Phi) is 4.35. The fourth-order valence-corrected chi connectivity index (χ4v) is 4.56. The molecule has 0 fully saturated rings. The van der Waals surface area contributed by atoms with Gasteiger partial charge in [0.25, 0.3) is 0 Å². The summed E-state index contributed by atoms with van der Waals surface area (Å²) in [7, 11) is 0. The zero-order chi connectivity index (χ0) is 13.9. The van der Waals surface area contributed by atoms with Gasteiger partial charge in [-0.2, -0.15) is 0 Å². The molecule has 0 bridgehead atoms. The van der Waals surface area contributed by atoms with Crippen LogP contribution in [0, 0.1) is 6.92 Å². The summed E-state index contributed by atoms with van der Waals surface area (Å²) in [6, 6.07) is 7.78. The number of rotatable bonds is 4. The summed E-state index contributed by atoms with van der Waals surface area (Å²) in [6.45, 7) is 1.96. The Balaban J connectivity index is 1.72. The molecule has 3 rings (SSSR count). The van der Waals surface area contributed by atoms with Crippen LogP contribution in [0.2, 0.25) is 5.02 Å². The Hall–Kier alpha value is -0.950. The van der Waals surface area contributed by atoms with E-state index in [1.54, 1.807) is 34.4 Å². The van der Waals surface area contributed by atoms with Gasteiger partial charge in [-0.3, -0.25) is 0 Å². The summed E-state index contributed by atoms with van der Waals surface area (Å²) in [5.74, 6) is 0.801. The maximum absolute atomic E-state index is 6.19. The second-order valence-electron chi connectivity index (χ2n) is 4.00. The van der Waals surface area contributed by atoms with Crippen molar-refractivity contribution < 1.29 is 0 Å². The van der Waals surface area contributed by atoms with Crippen LogP contribution in [0.25, 0.3) is 10.6 Å². The van der Waals surface area contributed by atoms with E-state index >= 15 is 0 Å². The Labute approximate surface area is 134 Å². The van der Waals surface area contributed by atoms with Crippen molar-refractivity contribution in [1.82, 2.24) is 15.2 Å². The maximum Gasteiger partial charge on any atom is 0.174 e. The van der Waals surface area contributed by atoms with E-state index in [9.17, 15) is 0 Å². The fraction of sp³-hybridized carbons (Fsp3) is 0.154. The maximum atomic E-state index is 6.19. The van der Waals surface area contributed by atoms with E-state index in [4.69, 9.17) is 11.6 Å². The highest BCUT2D eigenvalue weighted by Gasteiger charge is 2.09. The van der Waals surface area contributed by atoms with Gasteiger partial charge in [-0.25, -0.2) is 4.98 Å². The van der Waals surface area contributed by atoms with Gasteiger partial charge in [0.15, 0.2) is 4.34 Å². The van der Waals surface area contributed by atoms with Gasteiger partial charge < -0.3 is 0 Å². The number of thioether (sulfide) groups is 1. The average molecular weight is 340 g/mol. The number of aromatic nitrogens is 3. The summed E-state index contributed by atoms with van der Waals surface area (Å²) in [5, 5.41) is 12.9. The summed E-state index contributed by atoms with van der Waals surface area (Å²) >= 11 is 11.1. The van der Waals surface area contributed by atoms with Crippen LogP contribution in [0.1, 0.15) is 10.7 Å². The molecule has 0 N–H and O–H groups in total. The van der Waals surface area contributed by atoms with Gasteiger partial charge in [0.1, 0.15) is 10.0 Å². The number of halogens is 1. The van der Waals surface area contributed by atoms with Crippen LogP contribution >= 0.6 is 46.0 Å². The van der Waals surface area contributed by atoms with Gasteiger partial charge in [-0.15, -0.1) is 21.5 Å². The Bertz CT molecular complexity index is 723. The molecule has 0 atom stereocenters. The standard InChI is InChI=1S/C13H10ClN3S3/c1-8-16-17-13(20-8)19-7-9-6-18-12(15-9)10-4-2-3-5-11(10)14/h2-6H,7H2,1H3. The van der Waals surface area contributed by atoms with Crippen molar-refractivity contribution in [2.75, 3.05) is 0 Å². The van der Waals surface area contributed by atoms with E-state index in [1.165, 1.54) is 0 Å². The van der Waals surface area contributed by atoms with Gasteiger partial charge in [-0.1, -0.05) is 52.9 Å². The molecule has 0 radical (unpaired) electrons. The minimum atomic E-state index is 0.737. The van der Waals surface area contributed by atoms with Gasteiger partial charge in [0.05, 0.1) is 10.7 Å². The normalized spacial score (nSPS) is 10.9. The first-order chi connectivity index (χ1) is 9.72. The van der Waals surface area contributed by atoms with Crippen molar-refractivity contribution in [2.24, 2.45) is 0 Å². The predicted octanol–water partition coefficient (Wildman–Crippen LogP) is 4.92. The van der Waals surface area contributed by atoms with E-state index in [1.807, 2.05) is 31.2 Å². The number of benzene rings is 1. The number of thiazole rings is 1. The molecule has 3 nitrogen and oxygen atoms in total. The quantitative estimate of drug-likeness (QED) is 0.633.